The Bertz CT molecular complexity index is 773. The van der Waals surface area contributed by atoms with E-state index < -0.39 is 22.8 Å². The van der Waals surface area contributed by atoms with Crippen LogP contribution in [0.1, 0.15) is 0 Å². The number of hydrogen-bond donors (Lipinski definition) is 3. The number of aliphatic hydroxyl groups is 2. The third kappa shape index (κ3) is 5.02. The Morgan fingerprint density at radius 3 is 2.35 bits per heavy atom. The van der Waals surface area contributed by atoms with Crippen molar-refractivity contribution in [2.75, 3.05) is 13.2 Å². The van der Waals surface area contributed by atoms with Gasteiger partial charge in [-0.05, 0) is 0 Å². The van der Waals surface area contributed by atoms with Crippen LogP contribution in [0.25, 0.3) is 11.1 Å². The summed E-state index contributed by atoms with van der Waals surface area (Å²) >= 11 is 0.889. The fraction of sp³-hybridized carbons (Fsp3) is 0.200. The van der Waals surface area contributed by atoms with Crippen LogP contribution in [0.4, 0.5) is 0 Å². The molecule has 0 saturated heterocycles. The van der Waals surface area contributed by atoms with Gasteiger partial charge in [-0.2, -0.15) is 0 Å². The van der Waals surface area contributed by atoms with Crippen LogP contribution in [0.15, 0.2) is 47.4 Å². The van der Waals surface area contributed by atoms with E-state index in [2.05, 4.69) is 0 Å². The van der Waals surface area contributed by atoms with Crippen molar-refractivity contribution < 1.29 is 27.9 Å². The van der Waals surface area contributed by atoms with E-state index in [-0.39, 0.29) is 17.3 Å². The second-order valence-corrected chi connectivity index (χ2v) is 7.69. The van der Waals surface area contributed by atoms with Crippen LogP contribution in [0.2, 0.25) is 0 Å². The van der Waals surface area contributed by atoms with E-state index in [1.54, 1.807) is 18.2 Å². The van der Waals surface area contributed by atoms with Crippen LogP contribution < -0.4 is 7.55 Å². The number of benzene rings is 2. The minimum atomic E-state index is -4.44. The van der Waals surface area contributed by atoms with E-state index in [1.165, 1.54) is 14.9 Å². The van der Waals surface area contributed by atoms with Crippen LogP contribution in [0, 0.1) is 0 Å². The molecule has 0 spiro atoms. The van der Waals surface area contributed by atoms with Crippen molar-refractivity contribution in [3.8, 4) is 16.9 Å². The second kappa shape index (κ2) is 7.76. The molecule has 0 heterocycles. The maximum atomic E-state index is 11.7. The predicted octanol–water partition coefficient (Wildman–Crippen LogP) is 0.126. The molecule has 0 aliphatic heterocycles. The Balaban J connectivity index is 2.41. The topological polar surface area (TPSA) is 104 Å². The monoisotopic (exact) mass is 346 g/mol. The molecule has 0 amide bonds. The van der Waals surface area contributed by atoms with Gasteiger partial charge >= 0.3 is 147 Å². The van der Waals surface area contributed by atoms with Crippen molar-refractivity contribution in [1.29, 1.82) is 0 Å². The van der Waals surface area contributed by atoms with Crippen LogP contribution >= 0.6 is 0 Å². The number of ether oxygens (including phenoxy) is 1. The summed E-state index contributed by atoms with van der Waals surface area (Å²) in [5, 5.41) is 18.0. The molecule has 1 atom stereocenters. The predicted molar refractivity (Wildman–Crippen MR) is 85.7 cm³/mol. The van der Waals surface area contributed by atoms with Gasteiger partial charge in [0.05, 0.1) is 0 Å². The van der Waals surface area contributed by atoms with Crippen molar-refractivity contribution in [1.82, 2.24) is 0 Å². The van der Waals surface area contributed by atoms with Gasteiger partial charge in [0.2, 0.25) is 0 Å². The first-order valence-corrected chi connectivity index (χ1v) is 9.35. The summed E-state index contributed by atoms with van der Waals surface area (Å²) in [7, 11) is -4.44. The van der Waals surface area contributed by atoms with E-state index in [0.29, 0.717) is 11.1 Å². The molecule has 1 unspecified atom stereocenters. The van der Waals surface area contributed by atoms with Gasteiger partial charge in [0.25, 0.3) is 0 Å². The maximum absolute atomic E-state index is 11.7. The quantitative estimate of drug-likeness (QED) is 0.507. The van der Waals surface area contributed by atoms with E-state index in [1.807, 2.05) is 12.1 Å². The molecule has 0 aliphatic rings. The van der Waals surface area contributed by atoms with Crippen LogP contribution in [-0.2, 0) is 10.1 Å². The zero-order valence-corrected chi connectivity index (χ0v) is 15.3. The normalized spacial score (nSPS) is 12.9. The second-order valence-electron chi connectivity index (χ2n) is 5.15. The molecule has 0 aromatic heterocycles. The van der Waals surface area contributed by atoms with Gasteiger partial charge in [0.15, 0.2) is 0 Å². The summed E-state index contributed by atoms with van der Waals surface area (Å²) in [5.74, 6) is 0.174. The Labute approximate surface area is 151 Å². The molecule has 0 saturated carbocycles. The fourth-order valence-corrected chi connectivity index (χ4v) is 3.08. The standard InChI is InChI=1S/C15H15O6S.Na/c16-9-12(17)10-21-13-6-7-14(11-4-2-1-3-5-11)15(8-13)22(18,19)20;/h2-8,12,16-17H,9-10H2,(H,18,19,20);. The molecular weight excluding hydrogens is 331 g/mol. The fourth-order valence-electron chi connectivity index (χ4n) is 2.02. The summed E-state index contributed by atoms with van der Waals surface area (Å²) in [5.41, 5.74) is 1.03. The first-order valence-electron chi connectivity index (χ1n) is 6.91. The minimum absolute atomic E-state index is 0.174. The van der Waals surface area contributed by atoms with Gasteiger partial charge in [-0.25, -0.2) is 0 Å². The SMILES string of the molecule is O=S(=O)(O)c1cc(OCC(O)CO)ccc1-c1cc[c]([Na])cc1. The molecular formula is C15H15NaO6S. The van der Waals surface area contributed by atoms with Gasteiger partial charge in [-0.15, -0.1) is 0 Å². The number of hydrogen-bond acceptors (Lipinski definition) is 5. The molecule has 118 valence electrons. The van der Waals surface area contributed by atoms with E-state index in [4.69, 9.17) is 9.84 Å². The summed E-state index contributed by atoms with van der Waals surface area (Å²) in [6, 6.07) is 11.7. The Morgan fingerprint density at radius 2 is 1.78 bits per heavy atom. The van der Waals surface area contributed by atoms with Crippen molar-refractivity contribution in [3.05, 3.63) is 42.5 Å². The zero-order chi connectivity index (χ0) is 17.0. The summed E-state index contributed by atoms with van der Waals surface area (Å²) in [6.45, 7) is -0.647. The van der Waals surface area contributed by atoms with Crippen molar-refractivity contribution in [2.24, 2.45) is 0 Å². The molecule has 2 rings (SSSR count). The molecule has 2 aromatic carbocycles. The van der Waals surface area contributed by atoms with E-state index in [9.17, 15) is 18.1 Å². The number of rotatable bonds is 6. The molecule has 8 heteroatoms. The van der Waals surface area contributed by atoms with Crippen LogP contribution in [0.5, 0.6) is 5.75 Å². The summed E-state index contributed by atoms with van der Waals surface area (Å²) in [4.78, 5) is -0.269. The summed E-state index contributed by atoms with van der Waals surface area (Å²) in [6.07, 6.45) is -1.06. The Morgan fingerprint density at radius 1 is 1.13 bits per heavy atom. The summed E-state index contributed by atoms with van der Waals surface area (Å²) < 4.78 is 39.2. The van der Waals surface area contributed by atoms with Crippen molar-refractivity contribution in [2.45, 2.75) is 11.0 Å². The Kier molecular flexibility index (Phi) is 6.21. The van der Waals surface area contributed by atoms with Crippen molar-refractivity contribution in [3.63, 3.8) is 0 Å². The zero-order valence-electron chi connectivity index (χ0n) is 12.5. The average Bonchev–Trinajstić information content (AvgIpc) is 2.52. The average molecular weight is 346 g/mol. The van der Waals surface area contributed by atoms with Crippen LogP contribution in [-0.4, -0.2) is 70.4 Å². The number of aliphatic hydroxyl groups excluding tert-OH is 2. The van der Waals surface area contributed by atoms with Crippen molar-refractivity contribution >= 4 is 40.9 Å². The van der Waals surface area contributed by atoms with E-state index >= 15 is 0 Å². The molecule has 6 nitrogen and oxygen atoms in total. The van der Waals surface area contributed by atoms with Gasteiger partial charge in [-0.3, -0.25) is 0 Å². The molecule has 23 heavy (non-hydrogen) atoms. The molecule has 0 radical (unpaired) electrons. The molecule has 0 aliphatic carbocycles. The molecule has 2 aromatic rings. The first kappa shape index (κ1) is 18.4. The molecule has 0 bridgehead atoms. The third-order valence-electron chi connectivity index (χ3n) is 3.25. The first-order chi connectivity index (χ1) is 10.8. The van der Waals surface area contributed by atoms with Gasteiger partial charge in [-0.1, -0.05) is 0 Å². The molecule has 0 fully saturated rings. The van der Waals surface area contributed by atoms with Gasteiger partial charge in [0.1, 0.15) is 0 Å². The van der Waals surface area contributed by atoms with Gasteiger partial charge in [0, 0.05) is 0 Å². The van der Waals surface area contributed by atoms with Gasteiger partial charge < -0.3 is 5.11 Å². The van der Waals surface area contributed by atoms with E-state index in [0.717, 1.165) is 27.9 Å². The molecule has 3 N–H and O–H groups in total. The van der Waals surface area contributed by atoms with Crippen LogP contribution in [0.3, 0.4) is 0 Å². The Hall–Kier alpha value is -0.930. The third-order valence-corrected chi connectivity index (χ3v) is 4.81.